The van der Waals surface area contributed by atoms with Crippen molar-refractivity contribution in [1.29, 1.82) is 0 Å². The third-order valence-corrected chi connectivity index (χ3v) is 2.71. The van der Waals surface area contributed by atoms with Gasteiger partial charge in [-0.15, -0.1) is 0 Å². The van der Waals surface area contributed by atoms with Crippen molar-refractivity contribution in [3.05, 3.63) is 0 Å². The van der Waals surface area contributed by atoms with Gasteiger partial charge in [0.1, 0.15) is 11.6 Å². The molecule has 1 heterocycles. The molecule has 1 saturated heterocycles. The maximum atomic E-state index is 12.1. The van der Waals surface area contributed by atoms with Crippen molar-refractivity contribution in [2.45, 2.75) is 44.9 Å². The van der Waals surface area contributed by atoms with Crippen LogP contribution in [0.3, 0.4) is 0 Å². The van der Waals surface area contributed by atoms with Crippen LogP contribution in [-0.4, -0.2) is 41.0 Å². The molecule has 1 aliphatic heterocycles. The molecule has 98 valence electrons. The highest BCUT2D eigenvalue weighted by molar-refractivity contribution is 5.99. The Hall–Kier alpha value is -1.27. The van der Waals surface area contributed by atoms with E-state index in [1.165, 1.54) is 20.8 Å². The Morgan fingerprint density at radius 2 is 1.88 bits per heavy atom. The number of halogens is 3. The highest BCUT2D eigenvalue weighted by Gasteiger charge is 2.44. The van der Waals surface area contributed by atoms with Crippen molar-refractivity contribution in [1.82, 2.24) is 10.2 Å². The van der Waals surface area contributed by atoms with Gasteiger partial charge in [-0.05, 0) is 20.8 Å². The predicted molar refractivity (Wildman–Crippen MR) is 54.1 cm³/mol. The number of nitrogens with zero attached hydrogens (tertiary/aromatic N) is 1. The van der Waals surface area contributed by atoms with Crippen LogP contribution >= 0.6 is 0 Å². The van der Waals surface area contributed by atoms with Gasteiger partial charge in [0.05, 0.1) is 6.42 Å². The van der Waals surface area contributed by atoms with Crippen LogP contribution in [0, 0.1) is 0 Å². The Morgan fingerprint density at radius 3 is 2.35 bits per heavy atom. The monoisotopic (exact) mass is 252 g/mol. The fraction of sp³-hybridized carbons (Fsp3) is 0.800. The molecule has 0 bridgehead atoms. The van der Waals surface area contributed by atoms with Crippen molar-refractivity contribution in [2.24, 2.45) is 0 Å². The van der Waals surface area contributed by atoms with Crippen LogP contribution in [0.15, 0.2) is 0 Å². The van der Waals surface area contributed by atoms with E-state index in [0.29, 0.717) is 0 Å². The smallest absolute Gasteiger partial charge is 0.340 e. The highest BCUT2D eigenvalue weighted by Crippen LogP contribution is 2.23. The molecule has 1 atom stereocenters. The number of alkyl halides is 3. The first-order valence-electron chi connectivity index (χ1n) is 5.24. The number of carbonyl (C=O) groups is 2. The first-order valence-corrected chi connectivity index (χ1v) is 5.24. The fourth-order valence-corrected chi connectivity index (χ4v) is 1.68. The van der Waals surface area contributed by atoms with Gasteiger partial charge in [0.25, 0.3) is 0 Å². The van der Waals surface area contributed by atoms with E-state index in [4.69, 9.17) is 0 Å². The Morgan fingerprint density at radius 1 is 1.35 bits per heavy atom. The van der Waals surface area contributed by atoms with Crippen molar-refractivity contribution in [3.63, 3.8) is 0 Å². The first-order chi connectivity index (χ1) is 7.54. The number of rotatable bonds is 2. The Bertz CT molecular complexity index is 339. The zero-order chi connectivity index (χ0) is 13.4. The van der Waals surface area contributed by atoms with Gasteiger partial charge in [-0.2, -0.15) is 13.2 Å². The van der Waals surface area contributed by atoms with Crippen LogP contribution < -0.4 is 5.32 Å². The molecule has 0 aromatic rings. The average molecular weight is 252 g/mol. The quantitative estimate of drug-likeness (QED) is 0.799. The minimum absolute atomic E-state index is 0.434. The van der Waals surface area contributed by atoms with Gasteiger partial charge in [0.2, 0.25) is 11.8 Å². The van der Waals surface area contributed by atoms with Crippen molar-refractivity contribution in [3.8, 4) is 0 Å². The third-order valence-electron chi connectivity index (χ3n) is 2.71. The lowest BCUT2D eigenvalue weighted by Crippen LogP contribution is -2.67. The Balaban J connectivity index is 2.80. The van der Waals surface area contributed by atoms with E-state index in [1.54, 1.807) is 0 Å². The lowest BCUT2D eigenvalue weighted by molar-refractivity contribution is -0.160. The molecule has 2 amide bonds. The predicted octanol–water partition coefficient (Wildman–Crippen LogP) is 1.06. The lowest BCUT2D eigenvalue weighted by atomic mass is 9.97. The normalized spacial score (nSPS) is 24.8. The molecule has 0 radical (unpaired) electrons. The van der Waals surface area contributed by atoms with E-state index in [-0.39, 0.29) is 0 Å². The second-order valence-corrected chi connectivity index (χ2v) is 4.65. The second-order valence-electron chi connectivity index (χ2n) is 4.65. The van der Waals surface area contributed by atoms with E-state index in [2.05, 4.69) is 5.32 Å². The van der Waals surface area contributed by atoms with Crippen LogP contribution in [0.25, 0.3) is 0 Å². The van der Waals surface area contributed by atoms with Crippen LogP contribution in [0.5, 0.6) is 0 Å². The molecule has 17 heavy (non-hydrogen) atoms. The summed E-state index contributed by atoms with van der Waals surface area (Å²) in [6.07, 6.45) is -5.44. The molecule has 0 saturated carbocycles. The number of hydrogen-bond acceptors (Lipinski definition) is 2. The van der Waals surface area contributed by atoms with Crippen LogP contribution in [0.2, 0.25) is 0 Å². The van der Waals surface area contributed by atoms with Gasteiger partial charge in [-0.3, -0.25) is 9.59 Å². The molecule has 0 aromatic heterocycles. The van der Waals surface area contributed by atoms with E-state index in [1.807, 2.05) is 0 Å². The zero-order valence-corrected chi connectivity index (χ0v) is 9.89. The summed E-state index contributed by atoms with van der Waals surface area (Å²) in [4.78, 5) is 24.3. The van der Waals surface area contributed by atoms with E-state index < -0.39 is 42.5 Å². The molecule has 1 fully saturated rings. The number of carbonyl (C=O) groups excluding carboxylic acids is 2. The summed E-state index contributed by atoms with van der Waals surface area (Å²) in [7, 11) is 0. The average Bonchev–Trinajstić information content (AvgIpc) is 2.13. The lowest BCUT2D eigenvalue weighted by Gasteiger charge is -2.41. The minimum Gasteiger partial charge on any atom is -0.340 e. The van der Waals surface area contributed by atoms with E-state index >= 15 is 0 Å². The summed E-state index contributed by atoms with van der Waals surface area (Å²) in [5.41, 5.74) is -1.14. The van der Waals surface area contributed by atoms with Crippen molar-refractivity contribution in [2.75, 3.05) is 6.54 Å². The molecule has 1 N–H and O–H groups in total. The minimum atomic E-state index is -4.34. The van der Waals surface area contributed by atoms with Crippen molar-refractivity contribution < 1.29 is 22.8 Å². The molecule has 1 rings (SSSR count). The van der Waals surface area contributed by atoms with E-state index in [9.17, 15) is 22.8 Å². The molecular weight excluding hydrogens is 237 g/mol. The molecule has 0 spiro atoms. The Kier molecular flexibility index (Phi) is 3.40. The summed E-state index contributed by atoms with van der Waals surface area (Å²) in [6.45, 7) is 3.87. The summed E-state index contributed by atoms with van der Waals surface area (Å²) >= 11 is 0. The molecule has 4 nitrogen and oxygen atoms in total. The summed E-state index contributed by atoms with van der Waals surface area (Å²) in [5.74, 6) is -0.925. The largest absolute Gasteiger partial charge is 0.390 e. The number of piperazine rings is 1. The first kappa shape index (κ1) is 13.8. The van der Waals surface area contributed by atoms with Gasteiger partial charge in [-0.1, -0.05) is 0 Å². The maximum Gasteiger partial charge on any atom is 0.390 e. The third kappa shape index (κ3) is 3.10. The zero-order valence-electron chi connectivity index (χ0n) is 9.89. The SMILES string of the molecule is CC1C(=O)NC(C)(C)C(=O)N1CCC(F)(F)F. The maximum absolute atomic E-state index is 12.1. The number of amides is 2. The summed E-state index contributed by atoms with van der Waals surface area (Å²) in [5, 5.41) is 2.47. The highest BCUT2D eigenvalue weighted by atomic mass is 19.4. The van der Waals surface area contributed by atoms with E-state index in [0.717, 1.165) is 4.90 Å². The number of nitrogens with one attached hydrogen (secondary N) is 1. The molecule has 1 aliphatic rings. The van der Waals surface area contributed by atoms with Gasteiger partial charge in [-0.25, -0.2) is 0 Å². The van der Waals surface area contributed by atoms with Gasteiger partial charge >= 0.3 is 6.18 Å². The van der Waals surface area contributed by atoms with Gasteiger partial charge in [0.15, 0.2) is 0 Å². The van der Waals surface area contributed by atoms with Crippen LogP contribution in [-0.2, 0) is 9.59 Å². The molecule has 1 unspecified atom stereocenters. The Labute approximate surface area is 97.1 Å². The fourth-order valence-electron chi connectivity index (χ4n) is 1.68. The standard InChI is InChI=1S/C10H15F3N2O2/c1-6-7(16)14-9(2,3)8(17)15(6)5-4-10(11,12)13/h6H,4-5H2,1-3H3,(H,14,16). The molecular formula is C10H15F3N2O2. The molecule has 0 aromatic carbocycles. The van der Waals surface area contributed by atoms with Crippen LogP contribution in [0.1, 0.15) is 27.2 Å². The molecule has 7 heteroatoms. The summed E-state index contributed by atoms with van der Waals surface area (Å²) < 4.78 is 36.3. The topological polar surface area (TPSA) is 49.4 Å². The number of hydrogen-bond donors (Lipinski definition) is 1. The van der Waals surface area contributed by atoms with Crippen LogP contribution in [0.4, 0.5) is 13.2 Å². The van der Waals surface area contributed by atoms with Gasteiger partial charge in [0, 0.05) is 6.54 Å². The second kappa shape index (κ2) is 4.19. The summed E-state index contributed by atoms with van der Waals surface area (Å²) in [6, 6.07) is -0.863. The molecule has 0 aliphatic carbocycles. The van der Waals surface area contributed by atoms with Crippen molar-refractivity contribution >= 4 is 11.8 Å². The van der Waals surface area contributed by atoms with Gasteiger partial charge < -0.3 is 10.2 Å².